The van der Waals surface area contributed by atoms with Gasteiger partial charge in [0.1, 0.15) is 0 Å². The molecule has 0 radical (unpaired) electrons. The van der Waals surface area contributed by atoms with E-state index in [-0.39, 0.29) is 11.8 Å². The predicted molar refractivity (Wildman–Crippen MR) is 64.8 cm³/mol. The summed E-state index contributed by atoms with van der Waals surface area (Å²) in [7, 11) is 0. The molecular formula is C10H13BrN2OS. The molecule has 0 bridgehead atoms. The lowest BCUT2D eigenvalue weighted by molar-refractivity contribution is -0.124. The van der Waals surface area contributed by atoms with Crippen molar-refractivity contribution >= 4 is 33.2 Å². The molecule has 1 aliphatic heterocycles. The molecule has 15 heavy (non-hydrogen) atoms. The molecule has 1 aromatic heterocycles. The van der Waals surface area contributed by atoms with Crippen LogP contribution < -0.4 is 10.6 Å². The zero-order valence-electron chi connectivity index (χ0n) is 8.25. The van der Waals surface area contributed by atoms with Crippen LogP contribution in [0.2, 0.25) is 0 Å². The first-order valence-corrected chi connectivity index (χ1v) is 6.65. The maximum Gasteiger partial charge on any atom is 0.224 e. The van der Waals surface area contributed by atoms with Crippen molar-refractivity contribution in [3.63, 3.8) is 0 Å². The van der Waals surface area contributed by atoms with Crippen LogP contribution in [0.1, 0.15) is 11.3 Å². The highest BCUT2D eigenvalue weighted by Crippen LogP contribution is 2.22. The van der Waals surface area contributed by atoms with Gasteiger partial charge >= 0.3 is 0 Å². The molecule has 1 fully saturated rings. The molecular weight excluding hydrogens is 276 g/mol. The summed E-state index contributed by atoms with van der Waals surface area (Å²) in [5.41, 5.74) is 0. The van der Waals surface area contributed by atoms with Crippen LogP contribution >= 0.6 is 27.3 Å². The van der Waals surface area contributed by atoms with Crippen LogP contribution in [-0.4, -0.2) is 19.0 Å². The second-order valence-corrected chi connectivity index (χ2v) is 5.45. The second-order valence-electron chi connectivity index (χ2n) is 3.60. The van der Waals surface area contributed by atoms with Crippen molar-refractivity contribution < 1.29 is 4.79 Å². The second kappa shape index (κ2) is 5.09. The Hall–Kier alpha value is -0.390. The van der Waals surface area contributed by atoms with Gasteiger partial charge in [-0.15, -0.1) is 11.3 Å². The quantitative estimate of drug-likeness (QED) is 0.890. The van der Waals surface area contributed by atoms with Crippen LogP contribution in [0.4, 0.5) is 0 Å². The first kappa shape index (κ1) is 11.1. The van der Waals surface area contributed by atoms with Gasteiger partial charge in [-0.1, -0.05) is 0 Å². The number of carbonyl (C=O) groups is 1. The van der Waals surface area contributed by atoms with Crippen molar-refractivity contribution in [1.82, 2.24) is 10.6 Å². The molecule has 5 heteroatoms. The number of hydrogen-bond donors (Lipinski definition) is 2. The molecule has 1 amide bonds. The average Bonchev–Trinajstić information content (AvgIpc) is 2.85. The van der Waals surface area contributed by atoms with Crippen LogP contribution in [0.3, 0.4) is 0 Å². The van der Waals surface area contributed by atoms with E-state index in [1.807, 2.05) is 11.4 Å². The number of halogens is 1. The van der Waals surface area contributed by atoms with E-state index in [4.69, 9.17) is 0 Å². The molecule has 0 aromatic carbocycles. The van der Waals surface area contributed by atoms with Crippen LogP contribution in [0.5, 0.6) is 0 Å². The van der Waals surface area contributed by atoms with Gasteiger partial charge in [0.2, 0.25) is 5.91 Å². The van der Waals surface area contributed by atoms with E-state index < -0.39 is 0 Å². The fourth-order valence-corrected chi connectivity index (χ4v) is 3.07. The fraction of sp³-hybridized carbons (Fsp3) is 0.500. The van der Waals surface area contributed by atoms with Crippen molar-refractivity contribution in [1.29, 1.82) is 0 Å². The van der Waals surface area contributed by atoms with Crippen molar-refractivity contribution in [2.24, 2.45) is 5.92 Å². The summed E-state index contributed by atoms with van der Waals surface area (Å²) in [4.78, 5) is 12.9. The molecule has 3 nitrogen and oxygen atoms in total. The molecule has 2 rings (SSSR count). The van der Waals surface area contributed by atoms with Crippen molar-refractivity contribution in [3.05, 3.63) is 20.8 Å². The SMILES string of the molecule is O=C(NCc1sccc1Br)[C@H]1CCNC1. The minimum absolute atomic E-state index is 0.156. The molecule has 82 valence electrons. The van der Waals surface area contributed by atoms with Gasteiger partial charge in [-0.25, -0.2) is 0 Å². The summed E-state index contributed by atoms with van der Waals surface area (Å²) in [6.45, 7) is 2.41. The maximum atomic E-state index is 11.7. The van der Waals surface area contributed by atoms with Gasteiger partial charge in [0.05, 0.1) is 12.5 Å². The molecule has 1 aromatic rings. The van der Waals surface area contributed by atoms with Gasteiger partial charge in [0.25, 0.3) is 0 Å². The topological polar surface area (TPSA) is 41.1 Å². The summed E-state index contributed by atoms with van der Waals surface area (Å²) < 4.78 is 1.08. The lowest BCUT2D eigenvalue weighted by atomic mass is 10.1. The van der Waals surface area contributed by atoms with Gasteiger partial charge in [0.15, 0.2) is 0 Å². The van der Waals surface area contributed by atoms with Gasteiger partial charge in [-0.05, 0) is 40.3 Å². The largest absolute Gasteiger partial charge is 0.351 e. The summed E-state index contributed by atoms with van der Waals surface area (Å²) in [5.74, 6) is 0.323. The molecule has 0 saturated carbocycles. The number of amides is 1. The highest BCUT2D eigenvalue weighted by Gasteiger charge is 2.21. The third-order valence-corrected chi connectivity index (χ3v) is 4.47. The number of nitrogens with one attached hydrogen (secondary N) is 2. The van der Waals surface area contributed by atoms with E-state index in [2.05, 4.69) is 26.6 Å². The Morgan fingerprint density at radius 3 is 3.20 bits per heavy atom. The first-order valence-electron chi connectivity index (χ1n) is 4.97. The van der Waals surface area contributed by atoms with Crippen LogP contribution in [0.25, 0.3) is 0 Å². The van der Waals surface area contributed by atoms with Crippen molar-refractivity contribution in [3.8, 4) is 0 Å². The van der Waals surface area contributed by atoms with E-state index in [0.717, 1.165) is 24.0 Å². The van der Waals surface area contributed by atoms with Crippen molar-refractivity contribution in [2.45, 2.75) is 13.0 Å². The maximum absolute atomic E-state index is 11.7. The minimum Gasteiger partial charge on any atom is -0.351 e. The average molecular weight is 289 g/mol. The molecule has 2 N–H and O–H groups in total. The minimum atomic E-state index is 0.156. The van der Waals surface area contributed by atoms with E-state index in [1.165, 1.54) is 4.88 Å². The van der Waals surface area contributed by atoms with Gasteiger partial charge < -0.3 is 10.6 Å². The summed E-state index contributed by atoms with van der Waals surface area (Å²) >= 11 is 5.10. The van der Waals surface area contributed by atoms with Crippen LogP contribution in [-0.2, 0) is 11.3 Å². The highest BCUT2D eigenvalue weighted by molar-refractivity contribution is 9.10. The van der Waals surface area contributed by atoms with E-state index in [0.29, 0.717) is 6.54 Å². The third-order valence-electron chi connectivity index (χ3n) is 2.55. The smallest absolute Gasteiger partial charge is 0.224 e. The lowest BCUT2D eigenvalue weighted by Crippen LogP contribution is -2.31. The zero-order valence-corrected chi connectivity index (χ0v) is 10.7. The molecule has 0 spiro atoms. The summed E-state index contributed by atoms with van der Waals surface area (Å²) in [6.07, 6.45) is 0.956. The van der Waals surface area contributed by atoms with Gasteiger partial charge in [0, 0.05) is 15.9 Å². The number of thiophene rings is 1. The molecule has 0 unspecified atom stereocenters. The van der Waals surface area contributed by atoms with E-state index in [1.54, 1.807) is 11.3 Å². The molecule has 1 saturated heterocycles. The van der Waals surface area contributed by atoms with Gasteiger partial charge in [-0.2, -0.15) is 0 Å². The fourth-order valence-electron chi connectivity index (χ4n) is 1.64. The molecule has 0 aliphatic carbocycles. The van der Waals surface area contributed by atoms with Crippen LogP contribution in [0, 0.1) is 5.92 Å². The Labute approximate surface area is 101 Å². The zero-order chi connectivity index (χ0) is 10.7. The van der Waals surface area contributed by atoms with E-state index >= 15 is 0 Å². The number of hydrogen-bond acceptors (Lipinski definition) is 3. The third kappa shape index (κ3) is 2.80. The lowest BCUT2D eigenvalue weighted by Gasteiger charge is -2.08. The monoisotopic (exact) mass is 288 g/mol. The first-order chi connectivity index (χ1) is 7.27. The number of rotatable bonds is 3. The standard InChI is InChI=1S/C10H13BrN2OS/c11-8-2-4-15-9(8)6-13-10(14)7-1-3-12-5-7/h2,4,7,12H,1,3,5-6H2,(H,13,14)/t7-/m0/s1. The Morgan fingerprint density at radius 1 is 1.73 bits per heavy atom. The summed E-state index contributed by atoms with van der Waals surface area (Å²) in [6, 6.07) is 2.00. The van der Waals surface area contributed by atoms with Crippen molar-refractivity contribution in [2.75, 3.05) is 13.1 Å². The van der Waals surface area contributed by atoms with E-state index in [9.17, 15) is 4.79 Å². The molecule has 2 heterocycles. The molecule has 1 aliphatic rings. The Kier molecular flexibility index (Phi) is 3.77. The Morgan fingerprint density at radius 2 is 2.60 bits per heavy atom. The van der Waals surface area contributed by atoms with Gasteiger partial charge in [-0.3, -0.25) is 4.79 Å². The summed E-state index contributed by atoms with van der Waals surface area (Å²) in [5, 5.41) is 8.18. The predicted octanol–water partition coefficient (Wildman–Crippen LogP) is 1.74. The normalized spacial score (nSPS) is 20.5. The van der Waals surface area contributed by atoms with Crippen LogP contribution in [0.15, 0.2) is 15.9 Å². The highest BCUT2D eigenvalue weighted by atomic mass is 79.9. The Bertz CT molecular complexity index is 347. The number of carbonyl (C=O) groups excluding carboxylic acids is 1. The molecule has 1 atom stereocenters. The Balaban J connectivity index is 1.83.